The molecule has 1 aromatic carbocycles. The van der Waals surface area contributed by atoms with Crippen LogP contribution in [0.15, 0.2) is 30.3 Å². The van der Waals surface area contributed by atoms with Gasteiger partial charge in [0, 0.05) is 11.9 Å². The van der Waals surface area contributed by atoms with Gasteiger partial charge in [-0.2, -0.15) is 13.2 Å². The van der Waals surface area contributed by atoms with Crippen LogP contribution in [0.4, 0.5) is 13.2 Å². The van der Waals surface area contributed by atoms with Gasteiger partial charge in [0.2, 0.25) is 5.88 Å². The van der Waals surface area contributed by atoms with Crippen molar-refractivity contribution in [1.82, 2.24) is 10.3 Å². The van der Waals surface area contributed by atoms with Gasteiger partial charge >= 0.3 is 6.18 Å². The maximum Gasteiger partial charge on any atom is 0.392 e. The highest BCUT2D eigenvalue weighted by Gasteiger charge is 2.27. The zero-order chi connectivity index (χ0) is 15.3. The zero-order valence-electron chi connectivity index (χ0n) is 11.7. The lowest BCUT2D eigenvalue weighted by Gasteiger charge is -2.12. The van der Waals surface area contributed by atoms with Crippen LogP contribution in [-0.4, -0.2) is 24.3 Å². The number of aromatic nitrogens is 1. The standard InChI is InChI=1S/C15H17F3N2O/c1-2-19-10-12-9-11-5-3-4-6-13(11)14(20-12)21-8-7-15(16,17)18/h3-6,9,19H,2,7-8,10H2,1H3. The topological polar surface area (TPSA) is 34.1 Å². The fourth-order valence-electron chi connectivity index (χ4n) is 1.94. The van der Waals surface area contributed by atoms with Crippen LogP contribution < -0.4 is 10.1 Å². The lowest BCUT2D eigenvalue weighted by Crippen LogP contribution is -2.15. The number of halogens is 3. The summed E-state index contributed by atoms with van der Waals surface area (Å²) in [5, 5.41) is 4.77. The van der Waals surface area contributed by atoms with Crippen LogP contribution in [0.5, 0.6) is 5.88 Å². The fourth-order valence-corrected chi connectivity index (χ4v) is 1.94. The van der Waals surface area contributed by atoms with Gasteiger partial charge in [0.25, 0.3) is 0 Å². The van der Waals surface area contributed by atoms with Crippen LogP contribution in [0.2, 0.25) is 0 Å². The van der Waals surface area contributed by atoms with Crippen molar-refractivity contribution in [1.29, 1.82) is 0 Å². The summed E-state index contributed by atoms with van der Waals surface area (Å²) < 4.78 is 41.9. The average molecular weight is 298 g/mol. The van der Waals surface area contributed by atoms with Crippen molar-refractivity contribution >= 4 is 10.8 Å². The first kappa shape index (κ1) is 15.6. The first-order chi connectivity index (χ1) is 9.99. The average Bonchev–Trinajstić information content (AvgIpc) is 2.43. The number of rotatable bonds is 6. The minimum Gasteiger partial charge on any atom is -0.477 e. The molecular weight excluding hydrogens is 281 g/mol. The molecule has 6 heteroatoms. The summed E-state index contributed by atoms with van der Waals surface area (Å²) in [7, 11) is 0. The summed E-state index contributed by atoms with van der Waals surface area (Å²) in [6.45, 7) is 2.89. The molecular formula is C15H17F3N2O. The number of benzene rings is 1. The molecule has 0 aliphatic heterocycles. The smallest absolute Gasteiger partial charge is 0.392 e. The molecule has 21 heavy (non-hydrogen) atoms. The summed E-state index contributed by atoms with van der Waals surface area (Å²) >= 11 is 0. The largest absolute Gasteiger partial charge is 0.477 e. The van der Waals surface area contributed by atoms with Gasteiger partial charge in [0.05, 0.1) is 18.7 Å². The van der Waals surface area contributed by atoms with Crippen LogP contribution >= 0.6 is 0 Å². The highest BCUT2D eigenvalue weighted by Crippen LogP contribution is 2.26. The third-order valence-electron chi connectivity index (χ3n) is 2.94. The summed E-state index contributed by atoms with van der Waals surface area (Å²) in [4.78, 5) is 4.31. The molecule has 1 aromatic heterocycles. The number of nitrogens with one attached hydrogen (secondary N) is 1. The molecule has 2 rings (SSSR count). The van der Waals surface area contributed by atoms with Crippen molar-refractivity contribution in [3.05, 3.63) is 36.0 Å². The van der Waals surface area contributed by atoms with E-state index >= 15 is 0 Å². The third-order valence-corrected chi connectivity index (χ3v) is 2.94. The molecule has 1 N–H and O–H groups in total. The fraction of sp³-hybridized carbons (Fsp3) is 0.400. The van der Waals surface area contributed by atoms with Gasteiger partial charge in [-0.3, -0.25) is 0 Å². The van der Waals surface area contributed by atoms with Crippen molar-refractivity contribution in [2.45, 2.75) is 26.1 Å². The van der Waals surface area contributed by atoms with Crippen molar-refractivity contribution in [2.24, 2.45) is 0 Å². The van der Waals surface area contributed by atoms with E-state index in [9.17, 15) is 13.2 Å². The van der Waals surface area contributed by atoms with Crippen molar-refractivity contribution in [3.63, 3.8) is 0 Å². The second-order valence-electron chi connectivity index (χ2n) is 4.63. The van der Waals surface area contributed by atoms with E-state index in [0.717, 1.165) is 23.0 Å². The predicted molar refractivity (Wildman–Crippen MR) is 75.3 cm³/mol. The van der Waals surface area contributed by atoms with Crippen LogP contribution in [0.3, 0.4) is 0 Å². The van der Waals surface area contributed by atoms with Crippen LogP contribution in [0.1, 0.15) is 19.0 Å². The van der Waals surface area contributed by atoms with Gasteiger partial charge in [-0.05, 0) is 24.1 Å². The second kappa shape index (κ2) is 6.76. The van der Waals surface area contributed by atoms with Gasteiger partial charge in [-0.1, -0.05) is 25.1 Å². The number of ether oxygens (including phenoxy) is 1. The molecule has 0 saturated heterocycles. The van der Waals surface area contributed by atoms with E-state index in [0.29, 0.717) is 6.54 Å². The van der Waals surface area contributed by atoms with Crippen LogP contribution in [0.25, 0.3) is 10.8 Å². The monoisotopic (exact) mass is 298 g/mol. The first-order valence-electron chi connectivity index (χ1n) is 6.78. The molecule has 0 radical (unpaired) electrons. The Morgan fingerprint density at radius 2 is 2.00 bits per heavy atom. The van der Waals surface area contributed by atoms with E-state index in [1.54, 1.807) is 6.07 Å². The Hall–Kier alpha value is -1.82. The summed E-state index contributed by atoms with van der Waals surface area (Å²) in [6, 6.07) is 9.28. The number of pyridine rings is 1. The minimum absolute atomic E-state index is 0.255. The lowest BCUT2D eigenvalue weighted by atomic mass is 10.1. The lowest BCUT2D eigenvalue weighted by molar-refractivity contribution is -0.139. The minimum atomic E-state index is -4.23. The highest BCUT2D eigenvalue weighted by molar-refractivity contribution is 5.87. The van der Waals surface area contributed by atoms with E-state index in [4.69, 9.17) is 4.74 Å². The van der Waals surface area contributed by atoms with Gasteiger partial charge in [0.15, 0.2) is 0 Å². The Bertz CT molecular complexity index is 599. The number of nitrogens with zero attached hydrogens (tertiary/aromatic N) is 1. The third kappa shape index (κ3) is 4.60. The van der Waals surface area contributed by atoms with Crippen molar-refractivity contribution in [2.75, 3.05) is 13.2 Å². The normalized spacial score (nSPS) is 11.8. The molecule has 0 fully saturated rings. The number of alkyl halides is 3. The molecule has 3 nitrogen and oxygen atoms in total. The van der Waals surface area contributed by atoms with E-state index in [1.807, 2.05) is 31.2 Å². The first-order valence-corrected chi connectivity index (χ1v) is 6.78. The molecule has 0 amide bonds. The van der Waals surface area contributed by atoms with E-state index in [2.05, 4.69) is 10.3 Å². The summed E-state index contributed by atoms with van der Waals surface area (Å²) in [5.41, 5.74) is 0.748. The van der Waals surface area contributed by atoms with Crippen molar-refractivity contribution in [3.8, 4) is 5.88 Å². The maximum atomic E-state index is 12.2. The van der Waals surface area contributed by atoms with E-state index in [-0.39, 0.29) is 5.88 Å². The SMILES string of the molecule is CCNCc1cc2ccccc2c(OCCC(F)(F)F)n1. The van der Waals surface area contributed by atoms with Crippen LogP contribution in [0, 0.1) is 0 Å². The molecule has 2 aromatic rings. The molecule has 0 saturated carbocycles. The second-order valence-corrected chi connectivity index (χ2v) is 4.63. The predicted octanol–water partition coefficient (Wildman–Crippen LogP) is 3.68. The highest BCUT2D eigenvalue weighted by atomic mass is 19.4. The van der Waals surface area contributed by atoms with E-state index < -0.39 is 19.2 Å². The Kier molecular flexibility index (Phi) is 5.01. The quantitative estimate of drug-likeness (QED) is 0.883. The Labute approximate surface area is 121 Å². The Balaban J connectivity index is 2.22. The summed E-state index contributed by atoms with van der Waals surface area (Å²) in [5.74, 6) is 0.255. The molecule has 0 aliphatic rings. The Morgan fingerprint density at radius 1 is 1.24 bits per heavy atom. The van der Waals surface area contributed by atoms with E-state index in [1.165, 1.54) is 0 Å². The number of hydrogen-bond acceptors (Lipinski definition) is 3. The summed E-state index contributed by atoms with van der Waals surface area (Å²) in [6.07, 6.45) is -5.21. The number of fused-ring (bicyclic) bond motifs is 1. The maximum absolute atomic E-state index is 12.2. The molecule has 0 aliphatic carbocycles. The molecule has 1 heterocycles. The molecule has 0 unspecified atom stereocenters. The Morgan fingerprint density at radius 3 is 2.71 bits per heavy atom. The zero-order valence-corrected chi connectivity index (χ0v) is 11.7. The number of hydrogen-bond donors (Lipinski definition) is 1. The van der Waals surface area contributed by atoms with Gasteiger partial charge < -0.3 is 10.1 Å². The molecule has 0 atom stereocenters. The van der Waals surface area contributed by atoms with Crippen molar-refractivity contribution < 1.29 is 17.9 Å². The molecule has 114 valence electrons. The molecule has 0 bridgehead atoms. The van der Waals surface area contributed by atoms with Gasteiger partial charge in [-0.15, -0.1) is 0 Å². The van der Waals surface area contributed by atoms with Gasteiger partial charge in [-0.25, -0.2) is 4.98 Å². The van der Waals surface area contributed by atoms with Crippen LogP contribution in [-0.2, 0) is 6.54 Å². The molecule has 0 spiro atoms. The van der Waals surface area contributed by atoms with Gasteiger partial charge in [0.1, 0.15) is 0 Å².